The average molecular weight is 267 g/mol. The zero-order valence-corrected chi connectivity index (χ0v) is 10.7. The summed E-state index contributed by atoms with van der Waals surface area (Å²) in [5, 5.41) is 12.3. The van der Waals surface area contributed by atoms with Crippen molar-refractivity contribution >= 4 is 21.8 Å². The van der Waals surface area contributed by atoms with E-state index < -0.39 is 27.9 Å². The van der Waals surface area contributed by atoms with Crippen LogP contribution >= 0.6 is 0 Å². The van der Waals surface area contributed by atoms with Crippen LogP contribution in [0.15, 0.2) is 0 Å². The standard InChI is InChI=1S/C8H17N3O5S/c1-11(2)10-8(14)9-6(7(12)13)4-5-17(3,15)16/h6H,4-5H2,1-3H3,(H,12,13)(H2,9,10,14). The van der Waals surface area contributed by atoms with Gasteiger partial charge >= 0.3 is 12.0 Å². The van der Waals surface area contributed by atoms with Crippen molar-refractivity contribution in [3.63, 3.8) is 0 Å². The number of nitrogens with one attached hydrogen (secondary N) is 2. The summed E-state index contributed by atoms with van der Waals surface area (Å²) in [7, 11) is -0.134. The molecular formula is C8H17N3O5S. The Morgan fingerprint density at radius 3 is 2.24 bits per heavy atom. The molecule has 0 aromatic heterocycles. The van der Waals surface area contributed by atoms with Crippen LogP contribution in [0.25, 0.3) is 0 Å². The molecule has 3 N–H and O–H groups in total. The number of aliphatic carboxylic acids is 1. The van der Waals surface area contributed by atoms with Gasteiger partial charge in [0.15, 0.2) is 0 Å². The molecule has 0 bridgehead atoms. The molecule has 9 heteroatoms. The van der Waals surface area contributed by atoms with Gasteiger partial charge in [0.25, 0.3) is 0 Å². The first-order chi connectivity index (χ1) is 7.61. The van der Waals surface area contributed by atoms with Gasteiger partial charge in [-0.2, -0.15) is 0 Å². The van der Waals surface area contributed by atoms with E-state index in [0.29, 0.717) is 0 Å². The van der Waals surface area contributed by atoms with Gasteiger partial charge in [-0.15, -0.1) is 0 Å². The predicted octanol–water partition coefficient (Wildman–Crippen LogP) is -1.35. The van der Waals surface area contributed by atoms with Crippen molar-refractivity contribution in [2.45, 2.75) is 12.5 Å². The number of carbonyl (C=O) groups is 2. The summed E-state index contributed by atoms with van der Waals surface area (Å²) in [6, 6.07) is -1.93. The Morgan fingerprint density at radius 2 is 1.88 bits per heavy atom. The summed E-state index contributed by atoms with van der Waals surface area (Å²) in [6.45, 7) is 0. The summed E-state index contributed by atoms with van der Waals surface area (Å²) in [4.78, 5) is 22.0. The number of carbonyl (C=O) groups excluding carboxylic acids is 1. The molecule has 0 saturated carbocycles. The maximum atomic E-state index is 11.2. The van der Waals surface area contributed by atoms with Gasteiger partial charge in [0, 0.05) is 20.4 Å². The normalized spacial score (nSPS) is 13.2. The van der Waals surface area contributed by atoms with Gasteiger partial charge in [0.1, 0.15) is 15.9 Å². The summed E-state index contributed by atoms with van der Waals surface area (Å²) < 4.78 is 21.8. The zero-order chi connectivity index (χ0) is 13.6. The fourth-order valence-electron chi connectivity index (χ4n) is 0.983. The number of sulfone groups is 1. The van der Waals surface area contributed by atoms with Gasteiger partial charge < -0.3 is 10.4 Å². The second-order valence-corrected chi connectivity index (χ2v) is 6.05. The smallest absolute Gasteiger partial charge is 0.330 e. The van der Waals surface area contributed by atoms with Gasteiger partial charge in [0.05, 0.1) is 5.75 Å². The van der Waals surface area contributed by atoms with E-state index in [9.17, 15) is 18.0 Å². The Hall–Kier alpha value is -1.35. The van der Waals surface area contributed by atoms with E-state index in [1.54, 1.807) is 14.1 Å². The minimum Gasteiger partial charge on any atom is -0.480 e. The highest BCUT2D eigenvalue weighted by molar-refractivity contribution is 7.90. The fraction of sp³-hybridized carbons (Fsp3) is 0.750. The van der Waals surface area contributed by atoms with Crippen molar-refractivity contribution in [2.24, 2.45) is 0 Å². The molecule has 0 aliphatic heterocycles. The van der Waals surface area contributed by atoms with E-state index >= 15 is 0 Å². The minimum absolute atomic E-state index is 0.172. The topological polar surface area (TPSA) is 116 Å². The quantitative estimate of drug-likeness (QED) is 0.512. The number of urea groups is 1. The largest absolute Gasteiger partial charge is 0.480 e. The molecule has 0 aromatic carbocycles. The van der Waals surface area contributed by atoms with E-state index in [1.165, 1.54) is 5.01 Å². The highest BCUT2D eigenvalue weighted by Gasteiger charge is 2.21. The van der Waals surface area contributed by atoms with E-state index in [1.807, 2.05) is 0 Å². The van der Waals surface area contributed by atoms with Gasteiger partial charge in [-0.25, -0.2) is 23.0 Å². The maximum absolute atomic E-state index is 11.2. The average Bonchev–Trinajstić information content (AvgIpc) is 2.08. The molecule has 2 amide bonds. The summed E-state index contributed by atoms with van der Waals surface area (Å²) in [5.74, 6) is -1.57. The maximum Gasteiger partial charge on any atom is 0.330 e. The Bertz CT molecular complexity index is 379. The molecule has 0 radical (unpaired) electrons. The third kappa shape index (κ3) is 8.46. The Labute approximate surface area is 99.9 Å². The van der Waals surface area contributed by atoms with Crippen molar-refractivity contribution in [3.8, 4) is 0 Å². The van der Waals surface area contributed by atoms with E-state index in [0.717, 1.165) is 6.26 Å². The van der Waals surface area contributed by atoms with Gasteiger partial charge in [-0.3, -0.25) is 5.43 Å². The molecule has 0 fully saturated rings. The van der Waals surface area contributed by atoms with Crippen molar-refractivity contribution < 1.29 is 23.1 Å². The van der Waals surface area contributed by atoms with Crippen LogP contribution in [0.2, 0.25) is 0 Å². The Balaban J connectivity index is 4.35. The van der Waals surface area contributed by atoms with Crippen LogP contribution in [0.1, 0.15) is 6.42 Å². The third-order valence-electron chi connectivity index (χ3n) is 1.71. The highest BCUT2D eigenvalue weighted by Crippen LogP contribution is 1.97. The molecule has 0 rings (SSSR count). The SMILES string of the molecule is CN(C)NC(=O)NC(CCS(C)(=O)=O)C(=O)O. The van der Waals surface area contributed by atoms with Gasteiger partial charge in [-0.05, 0) is 6.42 Å². The summed E-state index contributed by atoms with van der Waals surface area (Å²) >= 11 is 0. The first kappa shape index (κ1) is 15.7. The van der Waals surface area contributed by atoms with E-state index in [-0.39, 0.29) is 12.2 Å². The van der Waals surface area contributed by atoms with Crippen LogP contribution in [0, 0.1) is 0 Å². The molecule has 0 spiro atoms. The molecule has 17 heavy (non-hydrogen) atoms. The first-order valence-corrected chi connectivity index (χ1v) is 6.83. The molecule has 100 valence electrons. The number of hydrogen-bond donors (Lipinski definition) is 3. The lowest BCUT2D eigenvalue weighted by molar-refractivity contribution is -0.139. The lowest BCUT2D eigenvalue weighted by Crippen LogP contribution is -2.50. The van der Waals surface area contributed by atoms with Crippen LogP contribution in [-0.4, -0.2) is 62.7 Å². The number of carboxylic acids is 1. The molecule has 0 heterocycles. The Morgan fingerprint density at radius 1 is 1.35 bits per heavy atom. The lowest BCUT2D eigenvalue weighted by Gasteiger charge is -2.17. The molecule has 1 unspecified atom stereocenters. The van der Waals surface area contributed by atoms with E-state index in [2.05, 4.69) is 10.7 Å². The van der Waals surface area contributed by atoms with Crippen LogP contribution in [0.4, 0.5) is 4.79 Å². The monoisotopic (exact) mass is 267 g/mol. The molecule has 0 aliphatic carbocycles. The first-order valence-electron chi connectivity index (χ1n) is 4.77. The van der Waals surface area contributed by atoms with Crippen LogP contribution < -0.4 is 10.7 Å². The number of rotatable bonds is 6. The number of nitrogens with zero attached hydrogens (tertiary/aromatic N) is 1. The number of hydrogen-bond acceptors (Lipinski definition) is 5. The minimum atomic E-state index is -3.26. The van der Waals surface area contributed by atoms with Gasteiger partial charge in [-0.1, -0.05) is 0 Å². The fourth-order valence-corrected chi connectivity index (χ4v) is 1.65. The van der Waals surface area contributed by atoms with Crippen LogP contribution in [0.5, 0.6) is 0 Å². The van der Waals surface area contributed by atoms with Crippen LogP contribution in [0.3, 0.4) is 0 Å². The van der Waals surface area contributed by atoms with Crippen LogP contribution in [-0.2, 0) is 14.6 Å². The third-order valence-corrected chi connectivity index (χ3v) is 2.68. The number of hydrazine groups is 1. The number of carboxylic acid groups (broad SMARTS) is 1. The molecule has 1 atom stereocenters. The second kappa shape index (κ2) is 6.40. The lowest BCUT2D eigenvalue weighted by atomic mass is 10.2. The molecule has 0 aromatic rings. The zero-order valence-electron chi connectivity index (χ0n) is 9.93. The second-order valence-electron chi connectivity index (χ2n) is 3.79. The number of amides is 2. The molecule has 0 saturated heterocycles. The molecule has 0 aliphatic rings. The Kier molecular flexibility index (Phi) is 5.89. The predicted molar refractivity (Wildman–Crippen MR) is 61.1 cm³/mol. The van der Waals surface area contributed by atoms with Crippen molar-refractivity contribution in [2.75, 3.05) is 26.1 Å². The van der Waals surface area contributed by atoms with E-state index in [4.69, 9.17) is 5.11 Å². The van der Waals surface area contributed by atoms with Crippen molar-refractivity contribution in [3.05, 3.63) is 0 Å². The van der Waals surface area contributed by atoms with Crippen molar-refractivity contribution in [1.82, 2.24) is 15.8 Å². The van der Waals surface area contributed by atoms with Gasteiger partial charge in [0.2, 0.25) is 0 Å². The summed E-state index contributed by atoms with van der Waals surface area (Å²) in [5.41, 5.74) is 2.30. The summed E-state index contributed by atoms with van der Waals surface area (Å²) in [6.07, 6.45) is 0.834. The highest BCUT2D eigenvalue weighted by atomic mass is 32.2. The molecule has 8 nitrogen and oxygen atoms in total. The molecular weight excluding hydrogens is 250 g/mol. The van der Waals surface area contributed by atoms with Crippen molar-refractivity contribution in [1.29, 1.82) is 0 Å².